The van der Waals surface area contributed by atoms with E-state index in [1.54, 1.807) is 7.11 Å². The third-order valence-corrected chi connectivity index (χ3v) is 4.53. The Morgan fingerprint density at radius 2 is 2.20 bits per heavy atom. The highest BCUT2D eigenvalue weighted by Gasteiger charge is 2.18. The molecule has 1 aromatic heterocycles. The van der Waals surface area contributed by atoms with Crippen molar-refractivity contribution in [3.8, 4) is 5.75 Å². The van der Waals surface area contributed by atoms with Crippen molar-refractivity contribution in [2.24, 2.45) is 0 Å². The van der Waals surface area contributed by atoms with E-state index in [9.17, 15) is 4.79 Å². The number of morpholine rings is 1. The molecule has 1 N–H and O–H groups in total. The van der Waals surface area contributed by atoms with Gasteiger partial charge in [0, 0.05) is 31.6 Å². The Morgan fingerprint density at radius 3 is 2.96 bits per heavy atom. The van der Waals surface area contributed by atoms with Crippen LogP contribution in [0.4, 0.5) is 0 Å². The summed E-state index contributed by atoms with van der Waals surface area (Å²) in [5.41, 5.74) is 1.41. The van der Waals surface area contributed by atoms with Crippen LogP contribution in [0.5, 0.6) is 5.75 Å². The lowest BCUT2D eigenvalue weighted by molar-refractivity contribution is -0.121. The number of rotatable bonds is 7. The van der Waals surface area contributed by atoms with E-state index >= 15 is 0 Å². The SMILES string of the molecule is COc1ccc2oc(CNC(=O)CC[C@@H](C)N3CCOCC3)nc2c1. The zero-order valence-electron chi connectivity index (χ0n) is 14.8. The highest BCUT2D eigenvalue weighted by atomic mass is 16.5. The topological polar surface area (TPSA) is 76.8 Å². The van der Waals surface area contributed by atoms with Crippen molar-refractivity contribution in [2.75, 3.05) is 33.4 Å². The van der Waals surface area contributed by atoms with Crippen LogP contribution in [0, 0.1) is 0 Å². The molecule has 1 amide bonds. The van der Waals surface area contributed by atoms with Gasteiger partial charge < -0.3 is 19.2 Å². The Labute approximate surface area is 147 Å². The van der Waals surface area contributed by atoms with Gasteiger partial charge in [0.1, 0.15) is 11.3 Å². The van der Waals surface area contributed by atoms with Gasteiger partial charge in [0.15, 0.2) is 5.58 Å². The monoisotopic (exact) mass is 347 g/mol. The third-order valence-electron chi connectivity index (χ3n) is 4.53. The number of hydrogen-bond donors (Lipinski definition) is 1. The molecule has 2 heterocycles. The molecule has 2 aromatic rings. The summed E-state index contributed by atoms with van der Waals surface area (Å²) in [5, 5.41) is 2.88. The van der Waals surface area contributed by atoms with Crippen molar-refractivity contribution in [1.82, 2.24) is 15.2 Å². The summed E-state index contributed by atoms with van der Waals surface area (Å²) in [7, 11) is 1.61. The molecule has 1 atom stereocenters. The molecule has 0 bridgehead atoms. The number of nitrogens with zero attached hydrogens (tertiary/aromatic N) is 2. The molecule has 1 aliphatic heterocycles. The number of carbonyl (C=O) groups is 1. The maximum absolute atomic E-state index is 12.1. The predicted molar refractivity (Wildman–Crippen MR) is 93.5 cm³/mol. The standard InChI is InChI=1S/C18H25N3O4/c1-13(21-7-9-24-10-8-21)3-6-17(22)19-12-18-20-15-11-14(23-2)4-5-16(15)25-18/h4-5,11,13H,3,6-10,12H2,1-2H3,(H,19,22)/t13-/m1/s1. The highest BCUT2D eigenvalue weighted by molar-refractivity contribution is 5.76. The largest absolute Gasteiger partial charge is 0.497 e. The fourth-order valence-electron chi connectivity index (χ4n) is 2.96. The second-order valence-corrected chi connectivity index (χ2v) is 6.25. The maximum atomic E-state index is 12.1. The van der Waals surface area contributed by atoms with Crippen LogP contribution in [0.3, 0.4) is 0 Å². The van der Waals surface area contributed by atoms with Crippen molar-refractivity contribution in [1.29, 1.82) is 0 Å². The molecule has 0 spiro atoms. The van der Waals surface area contributed by atoms with Crippen LogP contribution in [-0.4, -0.2) is 55.2 Å². The number of ether oxygens (including phenoxy) is 2. The summed E-state index contributed by atoms with van der Waals surface area (Å²) in [6.07, 6.45) is 1.32. The molecule has 1 aliphatic rings. The summed E-state index contributed by atoms with van der Waals surface area (Å²) >= 11 is 0. The number of carbonyl (C=O) groups excluding carboxylic acids is 1. The van der Waals surface area contributed by atoms with Crippen LogP contribution in [-0.2, 0) is 16.1 Å². The van der Waals surface area contributed by atoms with Crippen LogP contribution in [0.15, 0.2) is 22.6 Å². The van der Waals surface area contributed by atoms with E-state index in [-0.39, 0.29) is 5.91 Å². The van der Waals surface area contributed by atoms with Crippen LogP contribution in [0.25, 0.3) is 11.1 Å². The summed E-state index contributed by atoms with van der Waals surface area (Å²) in [6, 6.07) is 5.83. The third kappa shape index (κ3) is 4.70. The first-order valence-corrected chi connectivity index (χ1v) is 8.67. The van der Waals surface area contributed by atoms with Gasteiger partial charge in [0.05, 0.1) is 26.9 Å². The van der Waals surface area contributed by atoms with E-state index < -0.39 is 0 Å². The first-order chi connectivity index (χ1) is 12.2. The van der Waals surface area contributed by atoms with Crippen molar-refractivity contribution in [3.63, 3.8) is 0 Å². The number of nitrogens with one attached hydrogen (secondary N) is 1. The minimum absolute atomic E-state index is 0.0138. The number of oxazole rings is 1. The van der Waals surface area contributed by atoms with Gasteiger partial charge >= 0.3 is 0 Å². The molecule has 0 radical (unpaired) electrons. The predicted octanol–water partition coefficient (Wildman–Crippen LogP) is 1.95. The van der Waals surface area contributed by atoms with Gasteiger partial charge in [0.25, 0.3) is 0 Å². The van der Waals surface area contributed by atoms with E-state index in [1.165, 1.54) is 0 Å². The molecule has 0 saturated carbocycles. The lowest BCUT2D eigenvalue weighted by Crippen LogP contribution is -2.42. The fourth-order valence-corrected chi connectivity index (χ4v) is 2.96. The second kappa shape index (κ2) is 8.31. The number of hydrogen-bond acceptors (Lipinski definition) is 6. The molecular formula is C18H25N3O4. The number of fused-ring (bicyclic) bond motifs is 1. The highest BCUT2D eigenvalue weighted by Crippen LogP contribution is 2.21. The summed E-state index contributed by atoms with van der Waals surface area (Å²) in [5.74, 6) is 1.24. The minimum atomic E-state index is 0.0138. The quantitative estimate of drug-likeness (QED) is 0.825. The Balaban J connectivity index is 1.45. The van der Waals surface area contributed by atoms with Gasteiger partial charge in [-0.2, -0.15) is 0 Å². The normalized spacial score (nSPS) is 16.7. The van der Waals surface area contributed by atoms with Crippen LogP contribution in [0.1, 0.15) is 25.7 Å². The number of aromatic nitrogens is 1. The summed E-state index contributed by atoms with van der Waals surface area (Å²) in [4.78, 5) is 18.8. The zero-order valence-corrected chi connectivity index (χ0v) is 14.8. The first-order valence-electron chi connectivity index (χ1n) is 8.67. The smallest absolute Gasteiger partial charge is 0.220 e. The lowest BCUT2D eigenvalue weighted by atomic mass is 10.1. The van der Waals surface area contributed by atoms with Crippen LogP contribution < -0.4 is 10.1 Å². The molecule has 25 heavy (non-hydrogen) atoms. The van der Waals surface area contributed by atoms with Gasteiger partial charge in [-0.25, -0.2) is 4.98 Å². The molecule has 7 nitrogen and oxygen atoms in total. The summed E-state index contributed by atoms with van der Waals surface area (Å²) in [6.45, 7) is 5.89. The van der Waals surface area contributed by atoms with Crippen molar-refractivity contribution in [3.05, 3.63) is 24.1 Å². The van der Waals surface area contributed by atoms with Crippen molar-refractivity contribution >= 4 is 17.0 Å². The van der Waals surface area contributed by atoms with Gasteiger partial charge in [-0.15, -0.1) is 0 Å². The number of benzene rings is 1. The van der Waals surface area contributed by atoms with Crippen LogP contribution in [0.2, 0.25) is 0 Å². The van der Waals surface area contributed by atoms with E-state index in [4.69, 9.17) is 13.9 Å². The Bertz CT molecular complexity index is 709. The second-order valence-electron chi connectivity index (χ2n) is 6.25. The Kier molecular flexibility index (Phi) is 5.88. The molecule has 1 aromatic carbocycles. The first kappa shape index (κ1) is 17.7. The lowest BCUT2D eigenvalue weighted by Gasteiger charge is -2.32. The molecule has 7 heteroatoms. The molecule has 1 saturated heterocycles. The zero-order chi connectivity index (χ0) is 17.6. The molecule has 136 valence electrons. The van der Waals surface area contributed by atoms with Gasteiger partial charge in [-0.1, -0.05) is 0 Å². The molecule has 3 rings (SSSR count). The van der Waals surface area contributed by atoms with E-state index in [2.05, 4.69) is 22.1 Å². The molecule has 0 aliphatic carbocycles. The molecule has 1 fully saturated rings. The number of methoxy groups -OCH3 is 1. The van der Waals surface area contributed by atoms with Crippen LogP contribution >= 0.6 is 0 Å². The van der Waals surface area contributed by atoms with E-state index in [1.807, 2.05) is 18.2 Å². The van der Waals surface area contributed by atoms with Gasteiger partial charge in [0.2, 0.25) is 11.8 Å². The molecular weight excluding hydrogens is 322 g/mol. The maximum Gasteiger partial charge on any atom is 0.220 e. The average molecular weight is 347 g/mol. The van der Waals surface area contributed by atoms with E-state index in [0.29, 0.717) is 30.5 Å². The fraction of sp³-hybridized carbons (Fsp3) is 0.556. The average Bonchev–Trinajstić information content (AvgIpc) is 3.07. The molecule has 0 unspecified atom stereocenters. The van der Waals surface area contributed by atoms with Crippen molar-refractivity contribution in [2.45, 2.75) is 32.4 Å². The minimum Gasteiger partial charge on any atom is -0.497 e. The number of amides is 1. The van der Waals surface area contributed by atoms with Gasteiger partial charge in [-0.3, -0.25) is 9.69 Å². The Hall–Kier alpha value is -2.12. The van der Waals surface area contributed by atoms with Gasteiger partial charge in [-0.05, 0) is 25.5 Å². The van der Waals surface area contributed by atoms with Crippen molar-refractivity contribution < 1.29 is 18.7 Å². The summed E-state index contributed by atoms with van der Waals surface area (Å²) < 4.78 is 16.2. The van der Waals surface area contributed by atoms with E-state index in [0.717, 1.165) is 44.0 Å². The Morgan fingerprint density at radius 1 is 1.40 bits per heavy atom.